The molecule has 0 fully saturated rings. The molecule has 2 rings (SSSR count). The van der Waals surface area contributed by atoms with E-state index in [2.05, 4.69) is 20.3 Å². The van der Waals surface area contributed by atoms with Gasteiger partial charge in [-0.05, 0) is 19.1 Å². The SMILES string of the molecule is COc1ccc(OC(F)F)c(NC(=O)c2cn[nH]c2C)c1. The van der Waals surface area contributed by atoms with E-state index in [1.807, 2.05) is 0 Å². The number of ether oxygens (including phenoxy) is 2. The summed E-state index contributed by atoms with van der Waals surface area (Å²) in [6, 6.07) is 4.14. The molecule has 2 N–H and O–H groups in total. The third-order valence-corrected chi connectivity index (χ3v) is 2.73. The fraction of sp³-hybridized carbons (Fsp3) is 0.231. The molecule has 0 aliphatic rings. The number of aromatic nitrogens is 2. The summed E-state index contributed by atoms with van der Waals surface area (Å²) in [5.74, 6) is -0.246. The van der Waals surface area contributed by atoms with Crippen LogP contribution in [0.15, 0.2) is 24.4 Å². The van der Waals surface area contributed by atoms with Crippen LogP contribution in [0.2, 0.25) is 0 Å². The third kappa shape index (κ3) is 3.47. The molecule has 0 aliphatic carbocycles. The first-order valence-electron chi connectivity index (χ1n) is 5.95. The molecule has 0 aliphatic heterocycles. The van der Waals surface area contributed by atoms with Gasteiger partial charge in [-0.15, -0.1) is 0 Å². The summed E-state index contributed by atoms with van der Waals surface area (Å²) in [5.41, 5.74) is 0.952. The van der Waals surface area contributed by atoms with Crippen molar-refractivity contribution in [2.24, 2.45) is 0 Å². The van der Waals surface area contributed by atoms with Crippen LogP contribution in [0.5, 0.6) is 11.5 Å². The number of aromatic amines is 1. The van der Waals surface area contributed by atoms with Crippen LogP contribution in [0, 0.1) is 6.92 Å². The molecule has 8 heteroatoms. The Morgan fingerprint density at radius 1 is 1.43 bits per heavy atom. The highest BCUT2D eigenvalue weighted by Gasteiger charge is 2.16. The van der Waals surface area contributed by atoms with Gasteiger partial charge in [-0.25, -0.2) is 0 Å². The quantitative estimate of drug-likeness (QED) is 0.889. The number of carbonyl (C=O) groups is 1. The molecule has 1 heterocycles. The molecule has 0 spiro atoms. The number of amides is 1. The molecular weight excluding hydrogens is 284 g/mol. The van der Waals surface area contributed by atoms with Gasteiger partial charge in [0, 0.05) is 11.8 Å². The maximum atomic E-state index is 12.4. The van der Waals surface area contributed by atoms with Gasteiger partial charge in [-0.2, -0.15) is 13.9 Å². The molecular formula is C13H13F2N3O3. The lowest BCUT2D eigenvalue weighted by Gasteiger charge is -2.13. The summed E-state index contributed by atoms with van der Waals surface area (Å²) in [6.45, 7) is -1.32. The standard InChI is InChI=1S/C13H13F2N3O3/c1-7-9(6-16-18-7)12(19)17-10-5-8(20-2)3-4-11(10)21-13(14)15/h3-6,13H,1-2H3,(H,16,18)(H,17,19). The average Bonchev–Trinajstić information content (AvgIpc) is 2.86. The molecule has 0 unspecified atom stereocenters. The van der Waals surface area contributed by atoms with Crippen molar-refractivity contribution in [2.45, 2.75) is 13.5 Å². The average molecular weight is 297 g/mol. The molecule has 0 radical (unpaired) electrons. The normalized spacial score (nSPS) is 10.5. The second-order valence-corrected chi connectivity index (χ2v) is 4.10. The molecule has 0 saturated carbocycles. The van der Waals surface area contributed by atoms with Crippen molar-refractivity contribution in [1.82, 2.24) is 10.2 Å². The summed E-state index contributed by atoms with van der Waals surface area (Å²) in [7, 11) is 1.43. The Morgan fingerprint density at radius 3 is 2.76 bits per heavy atom. The van der Waals surface area contributed by atoms with Gasteiger partial charge in [0.2, 0.25) is 0 Å². The minimum atomic E-state index is -3.00. The number of benzene rings is 1. The monoisotopic (exact) mass is 297 g/mol. The summed E-state index contributed by atoms with van der Waals surface area (Å²) >= 11 is 0. The minimum Gasteiger partial charge on any atom is -0.497 e. The molecule has 112 valence electrons. The maximum absolute atomic E-state index is 12.4. The topological polar surface area (TPSA) is 76.2 Å². The van der Waals surface area contributed by atoms with Crippen LogP contribution in [0.4, 0.5) is 14.5 Å². The van der Waals surface area contributed by atoms with Gasteiger partial charge in [0.15, 0.2) is 0 Å². The molecule has 0 bridgehead atoms. The van der Waals surface area contributed by atoms with E-state index in [1.54, 1.807) is 6.92 Å². The minimum absolute atomic E-state index is 0.0836. The Morgan fingerprint density at radius 2 is 2.19 bits per heavy atom. The molecule has 1 aromatic carbocycles. The number of hydrogen-bond donors (Lipinski definition) is 2. The van der Waals surface area contributed by atoms with Crippen LogP contribution < -0.4 is 14.8 Å². The first kappa shape index (κ1) is 14.8. The lowest BCUT2D eigenvalue weighted by molar-refractivity contribution is -0.0494. The lowest BCUT2D eigenvalue weighted by Crippen LogP contribution is -2.14. The van der Waals surface area contributed by atoms with Crippen molar-refractivity contribution in [1.29, 1.82) is 0 Å². The van der Waals surface area contributed by atoms with E-state index in [-0.39, 0.29) is 11.4 Å². The highest BCUT2D eigenvalue weighted by molar-refractivity contribution is 6.05. The first-order chi connectivity index (χ1) is 10.0. The van der Waals surface area contributed by atoms with Crippen LogP contribution in [0.1, 0.15) is 16.1 Å². The van der Waals surface area contributed by atoms with E-state index in [9.17, 15) is 13.6 Å². The predicted octanol–water partition coefficient (Wildman–Crippen LogP) is 2.58. The number of hydrogen-bond acceptors (Lipinski definition) is 4. The first-order valence-corrected chi connectivity index (χ1v) is 5.95. The van der Waals surface area contributed by atoms with Crippen molar-refractivity contribution in [3.8, 4) is 11.5 Å². The highest BCUT2D eigenvalue weighted by Crippen LogP contribution is 2.30. The van der Waals surface area contributed by atoms with Crippen LogP contribution in [0.3, 0.4) is 0 Å². The van der Waals surface area contributed by atoms with Gasteiger partial charge in [0.25, 0.3) is 5.91 Å². The van der Waals surface area contributed by atoms with E-state index >= 15 is 0 Å². The highest BCUT2D eigenvalue weighted by atomic mass is 19.3. The number of H-pyrrole nitrogens is 1. The van der Waals surface area contributed by atoms with Crippen molar-refractivity contribution in [2.75, 3.05) is 12.4 Å². The summed E-state index contributed by atoms with van der Waals surface area (Å²) in [6.07, 6.45) is 1.35. The zero-order valence-corrected chi connectivity index (χ0v) is 11.3. The van der Waals surface area contributed by atoms with Gasteiger partial charge in [-0.3, -0.25) is 9.89 Å². The number of rotatable bonds is 5. The Balaban J connectivity index is 2.28. The van der Waals surface area contributed by atoms with E-state index in [0.29, 0.717) is 17.0 Å². The summed E-state index contributed by atoms with van der Waals surface area (Å²) in [5, 5.41) is 8.84. The number of halogens is 2. The van der Waals surface area contributed by atoms with Crippen LogP contribution in [0.25, 0.3) is 0 Å². The Labute approximate surface area is 119 Å². The Hall–Kier alpha value is -2.64. The molecule has 0 atom stereocenters. The number of carbonyl (C=O) groups excluding carboxylic acids is 1. The maximum Gasteiger partial charge on any atom is 0.387 e. The zero-order chi connectivity index (χ0) is 15.4. The fourth-order valence-electron chi connectivity index (χ4n) is 1.70. The Kier molecular flexibility index (Phi) is 4.36. The number of nitrogens with zero attached hydrogens (tertiary/aromatic N) is 1. The van der Waals surface area contributed by atoms with Crippen molar-refractivity contribution in [3.05, 3.63) is 35.7 Å². The molecule has 21 heavy (non-hydrogen) atoms. The zero-order valence-electron chi connectivity index (χ0n) is 11.3. The van der Waals surface area contributed by atoms with Gasteiger partial charge in [0.1, 0.15) is 11.5 Å². The number of methoxy groups -OCH3 is 1. The molecule has 6 nitrogen and oxygen atoms in total. The summed E-state index contributed by atoms with van der Waals surface area (Å²) in [4.78, 5) is 12.1. The molecule has 2 aromatic rings. The van der Waals surface area contributed by atoms with E-state index in [4.69, 9.17) is 4.74 Å². The number of nitrogens with one attached hydrogen (secondary N) is 2. The van der Waals surface area contributed by atoms with E-state index < -0.39 is 12.5 Å². The Bertz CT molecular complexity index is 643. The van der Waals surface area contributed by atoms with Crippen molar-refractivity contribution < 1.29 is 23.0 Å². The predicted molar refractivity (Wildman–Crippen MR) is 70.9 cm³/mol. The van der Waals surface area contributed by atoms with Crippen molar-refractivity contribution >= 4 is 11.6 Å². The number of aryl methyl sites for hydroxylation is 1. The third-order valence-electron chi connectivity index (χ3n) is 2.73. The second kappa shape index (κ2) is 6.21. The smallest absolute Gasteiger partial charge is 0.387 e. The number of alkyl halides is 2. The van der Waals surface area contributed by atoms with Crippen LogP contribution in [-0.2, 0) is 0 Å². The van der Waals surface area contributed by atoms with Gasteiger partial charge in [0.05, 0.1) is 24.6 Å². The van der Waals surface area contributed by atoms with Crippen molar-refractivity contribution in [3.63, 3.8) is 0 Å². The van der Waals surface area contributed by atoms with Gasteiger partial charge in [-0.1, -0.05) is 0 Å². The van der Waals surface area contributed by atoms with Gasteiger partial charge < -0.3 is 14.8 Å². The van der Waals surface area contributed by atoms with Crippen LogP contribution in [-0.4, -0.2) is 29.8 Å². The van der Waals surface area contributed by atoms with Crippen LogP contribution >= 0.6 is 0 Å². The lowest BCUT2D eigenvalue weighted by atomic mass is 10.2. The van der Waals surface area contributed by atoms with E-state index in [0.717, 1.165) is 0 Å². The van der Waals surface area contributed by atoms with Gasteiger partial charge >= 0.3 is 6.61 Å². The molecule has 1 amide bonds. The molecule has 1 aromatic heterocycles. The van der Waals surface area contributed by atoms with E-state index in [1.165, 1.54) is 31.5 Å². The summed E-state index contributed by atoms with van der Waals surface area (Å²) < 4.78 is 34.1. The molecule has 0 saturated heterocycles. The number of anilines is 1. The second-order valence-electron chi connectivity index (χ2n) is 4.10. The largest absolute Gasteiger partial charge is 0.497 e. The fourth-order valence-corrected chi connectivity index (χ4v) is 1.70.